The zero-order valence-electron chi connectivity index (χ0n) is 40.7. The molecule has 2 saturated heterocycles. The van der Waals surface area contributed by atoms with Crippen LogP contribution in [0, 0.1) is 27.9 Å². The average Bonchev–Trinajstić information content (AvgIpc) is 4.03. The van der Waals surface area contributed by atoms with Crippen LogP contribution in [-0.2, 0) is 57.6 Å². The number of carboxylic acids is 1. The lowest BCUT2D eigenvalue weighted by molar-refractivity contribution is -0.384. The molecule has 2 aliphatic carbocycles. The molecule has 7 N–H and O–H groups in total. The van der Waals surface area contributed by atoms with Gasteiger partial charge in [0.05, 0.1) is 48.1 Å². The standard InChI is InChI=1S/C50H66N6O17/c1-27-20-32(46(62)51-24-33-25-55(53-52-33)18-9-17-54-19-16-31-22-34(56(66)67)14-15-35(31)54)23-36(43(27)73-49-42(61)41(60)39(58)28(2)68-49)70-50-45(72-48(65)30-12-7-4-8-13-30)44(40(59)38(26-57)71-50)69-37(47(63)64)21-29-10-5-3-6-11-29/h4,7-8,12-16,19,22,25,27-29,32,36-45,49-50,57-61H,3,5-6,9-11,17-18,20-21,23-24,26H2,1-2H3,(H,51,62)(H,63,64)/t27?,28?,32?,36-,37+,38?,39-,40+,41?,42?,43?,44?,45?,49+,50-/m1/s1. The highest BCUT2D eigenvalue weighted by atomic mass is 16.7. The van der Waals surface area contributed by atoms with E-state index in [1.54, 1.807) is 42.1 Å². The van der Waals surface area contributed by atoms with Crippen LogP contribution in [0.5, 0.6) is 0 Å². The normalized spacial score (nSPS) is 31.4. The third-order valence-electron chi connectivity index (χ3n) is 14.6. The Morgan fingerprint density at radius 1 is 0.890 bits per heavy atom. The maximum absolute atomic E-state index is 14.1. The number of hydrogen-bond donors (Lipinski definition) is 7. The summed E-state index contributed by atoms with van der Waals surface area (Å²) in [6, 6.07) is 14.5. The first-order valence-electron chi connectivity index (χ1n) is 25.1. The number of carbonyl (C=O) groups excluding carboxylic acids is 2. The van der Waals surface area contributed by atoms with E-state index in [1.165, 1.54) is 31.2 Å². The molecule has 8 rings (SSSR count). The number of hydrogen-bond acceptors (Lipinski definition) is 18. The van der Waals surface area contributed by atoms with E-state index in [9.17, 15) is 55.1 Å². The van der Waals surface area contributed by atoms with Crippen molar-refractivity contribution in [2.75, 3.05) is 6.61 Å². The molecule has 23 heteroatoms. The molecule has 9 unspecified atom stereocenters. The van der Waals surface area contributed by atoms with Gasteiger partial charge in [0.2, 0.25) is 5.91 Å². The fraction of sp³-hybridized carbons (Fsp3) is 0.620. The minimum absolute atomic E-state index is 0.0142. The minimum Gasteiger partial charge on any atom is -0.479 e. The molecule has 23 nitrogen and oxygen atoms in total. The quantitative estimate of drug-likeness (QED) is 0.0380. The lowest BCUT2D eigenvalue weighted by atomic mass is 9.77. The summed E-state index contributed by atoms with van der Waals surface area (Å²) in [5.74, 6) is -3.85. The second-order valence-electron chi connectivity index (χ2n) is 19.8. The van der Waals surface area contributed by atoms with E-state index in [4.69, 9.17) is 28.4 Å². The van der Waals surface area contributed by atoms with E-state index in [-0.39, 0.29) is 48.9 Å². The fourth-order valence-corrected chi connectivity index (χ4v) is 10.6. The van der Waals surface area contributed by atoms with Crippen molar-refractivity contribution in [3.63, 3.8) is 0 Å². The summed E-state index contributed by atoms with van der Waals surface area (Å²) >= 11 is 0. The fourth-order valence-electron chi connectivity index (χ4n) is 10.6. The molecule has 73 heavy (non-hydrogen) atoms. The largest absolute Gasteiger partial charge is 0.479 e. The van der Waals surface area contributed by atoms with Gasteiger partial charge in [-0.25, -0.2) is 9.59 Å². The Labute approximate surface area is 420 Å². The summed E-state index contributed by atoms with van der Waals surface area (Å²) < 4.78 is 41.1. The molecule has 2 aliphatic heterocycles. The highest BCUT2D eigenvalue weighted by molar-refractivity contribution is 5.89. The topological polar surface area (TPSA) is 319 Å². The van der Waals surface area contributed by atoms with Gasteiger partial charge in [-0.15, -0.1) is 5.10 Å². The van der Waals surface area contributed by atoms with Gasteiger partial charge in [0.25, 0.3) is 5.69 Å². The van der Waals surface area contributed by atoms with Crippen molar-refractivity contribution < 1.29 is 78.4 Å². The number of aliphatic hydroxyl groups is 5. The monoisotopic (exact) mass is 1020 g/mol. The van der Waals surface area contributed by atoms with Crippen LogP contribution < -0.4 is 5.32 Å². The summed E-state index contributed by atoms with van der Waals surface area (Å²) in [5, 5.41) is 88.3. The number of non-ortho nitro benzene ring substituents is 1. The van der Waals surface area contributed by atoms with Crippen molar-refractivity contribution in [2.45, 2.75) is 171 Å². The number of aliphatic carboxylic acids is 1. The Bertz CT molecular complexity index is 2490. The molecular formula is C50H66N6O17. The van der Waals surface area contributed by atoms with Crippen LogP contribution in [0.3, 0.4) is 0 Å². The van der Waals surface area contributed by atoms with Crippen molar-refractivity contribution in [2.24, 2.45) is 17.8 Å². The molecule has 2 aromatic carbocycles. The Morgan fingerprint density at radius 3 is 2.38 bits per heavy atom. The first-order chi connectivity index (χ1) is 35.1. The van der Waals surface area contributed by atoms with Gasteiger partial charge in [-0.05, 0) is 68.7 Å². The molecule has 4 aliphatic rings. The first kappa shape index (κ1) is 53.8. The van der Waals surface area contributed by atoms with Gasteiger partial charge >= 0.3 is 11.9 Å². The summed E-state index contributed by atoms with van der Waals surface area (Å²) in [5.41, 5.74) is 1.47. The van der Waals surface area contributed by atoms with Gasteiger partial charge in [-0.2, -0.15) is 0 Å². The number of nitro benzene ring substituents is 1. The average molecular weight is 1020 g/mol. The number of aromatic nitrogens is 4. The van der Waals surface area contributed by atoms with E-state index in [0.29, 0.717) is 25.2 Å². The molecule has 0 radical (unpaired) electrons. The Morgan fingerprint density at radius 2 is 1.66 bits per heavy atom. The van der Waals surface area contributed by atoms with Crippen molar-refractivity contribution in [1.29, 1.82) is 0 Å². The molecule has 4 heterocycles. The summed E-state index contributed by atoms with van der Waals surface area (Å²) in [7, 11) is 0. The molecule has 398 valence electrons. The van der Waals surface area contributed by atoms with Crippen LogP contribution in [0.25, 0.3) is 10.9 Å². The zero-order valence-corrected chi connectivity index (χ0v) is 40.7. The number of aliphatic hydroxyl groups excluding tert-OH is 5. The number of carboxylic acid groups (broad SMARTS) is 1. The number of esters is 1. The number of nitrogens with zero attached hydrogens (tertiary/aromatic N) is 5. The molecule has 4 aromatic rings. The van der Waals surface area contributed by atoms with Crippen LogP contribution in [0.4, 0.5) is 5.69 Å². The number of nitrogens with one attached hydrogen (secondary N) is 1. The second-order valence-corrected chi connectivity index (χ2v) is 19.8. The van der Waals surface area contributed by atoms with Gasteiger partial charge in [0.1, 0.15) is 42.3 Å². The highest BCUT2D eigenvalue weighted by Gasteiger charge is 2.54. The maximum atomic E-state index is 14.1. The number of nitro groups is 1. The molecular weight excluding hydrogens is 957 g/mol. The molecule has 1 amide bonds. The van der Waals surface area contributed by atoms with Crippen LogP contribution in [0.1, 0.15) is 87.7 Å². The lowest BCUT2D eigenvalue weighted by Crippen LogP contribution is -2.64. The predicted octanol–water partition coefficient (Wildman–Crippen LogP) is 2.60. The molecule has 0 spiro atoms. The van der Waals surface area contributed by atoms with Crippen LogP contribution in [0.2, 0.25) is 0 Å². The minimum atomic E-state index is -1.71. The lowest BCUT2D eigenvalue weighted by Gasteiger charge is -2.48. The Balaban J connectivity index is 1.00. The maximum Gasteiger partial charge on any atom is 0.338 e. The Hall–Kier alpha value is -5.47. The number of benzene rings is 2. The third-order valence-corrected chi connectivity index (χ3v) is 14.6. The van der Waals surface area contributed by atoms with Crippen molar-refractivity contribution in [3.8, 4) is 0 Å². The van der Waals surface area contributed by atoms with E-state index in [2.05, 4.69) is 15.6 Å². The van der Waals surface area contributed by atoms with E-state index >= 15 is 0 Å². The molecule has 2 aromatic heterocycles. The van der Waals surface area contributed by atoms with Crippen molar-refractivity contribution in [3.05, 3.63) is 88.4 Å². The summed E-state index contributed by atoms with van der Waals surface area (Å²) in [4.78, 5) is 51.6. The molecule has 4 fully saturated rings. The number of fused-ring (bicyclic) bond motifs is 1. The van der Waals surface area contributed by atoms with E-state index in [1.807, 2.05) is 16.8 Å². The van der Waals surface area contributed by atoms with Crippen LogP contribution in [-0.4, -0.2) is 159 Å². The van der Waals surface area contributed by atoms with Crippen molar-refractivity contribution in [1.82, 2.24) is 24.9 Å². The number of ether oxygens (including phenoxy) is 6. The third kappa shape index (κ3) is 12.9. The number of aryl methyl sites for hydroxylation is 2. The second kappa shape index (κ2) is 24.3. The van der Waals surface area contributed by atoms with Crippen LogP contribution >= 0.6 is 0 Å². The van der Waals surface area contributed by atoms with E-state index in [0.717, 1.165) is 43.0 Å². The SMILES string of the molecule is CC1CC(C(=O)NCc2cn(CCCn3ccc4cc([N+](=O)[O-])ccc43)nn2)C[C@@H](O[C@@H]2OC(CO)[C@H](O)C(O[C@@H](CC3CCCCC3)C(=O)O)C2OC(=O)c2ccccc2)C1O[C@@H]1OC(C)[C@@H](O)C(O)C1O. The number of amides is 1. The van der Waals surface area contributed by atoms with Gasteiger partial charge in [0, 0.05) is 48.2 Å². The van der Waals surface area contributed by atoms with Gasteiger partial charge in [0.15, 0.2) is 24.8 Å². The highest BCUT2D eigenvalue weighted by Crippen LogP contribution is 2.39. The van der Waals surface area contributed by atoms with Crippen molar-refractivity contribution >= 4 is 34.4 Å². The predicted molar refractivity (Wildman–Crippen MR) is 254 cm³/mol. The Kier molecular flexibility index (Phi) is 17.9. The number of rotatable bonds is 20. The van der Waals surface area contributed by atoms with Gasteiger partial charge in [-0.1, -0.05) is 62.4 Å². The van der Waals surface area contributed by atoms with Crippen LogP contribution in [0.15, 0.2) is 67.0 Å². The summed E-state index contributed by atoms with van der Waals surface area (Å²) in [6.45, 7) is 3.61. The molecule has 2 saturated carbocycles. The summed E-state index contributed by atoms with van der Waals surface area (Å²) in [6.07, 6.45) is -10.0. The zero-order chi connectivity index (χ0) is 51.9. The smallest absolute Gasteiger partial charge is 0.338 e. The molecule has 0 bridgehead atoms. The van der Waals surface area contributed by atoms with Gasteiger partial charge < -0.3 is 68.9 Å². The van der Waals surface area contributed by atoms with E-state index < -0.39 is 115 Å². The molecule has 15 atom stereocenters. The first-order valence-corrected chi connectivity index (χ1v) is 25.1. The number of carbonyl (C=O) groups is 3. The van der Waals surface area contributed by atoms with Gasteiger partial charge in [-0.3, -0.25) is 19.6 Å².